The van der Waals surface area contributed by atoms with Gasteiger partial charge >= 0.3 is 0 Å². The Bertz CT molecular complexity index is 1050. The van der Waals surface area contributed by atoms with Gasteiger partial charge in [0.15, 0.2) is 0 Å². The van der Waals surface area contributed by atoms with Gasteiger partial charge < -0.3 is 11.1 Å². The summed E-state index contributed by atoms with van der Waals surface area (Å²) in [5.74, 6) is 1.60. The Morgan fingerprint density at radius 2 is 2.10 bits per heavy atom. The molecule has 1 saturated carbocycles. The number of anilines is 1. The van der Waals surface area contributed by atoms with Crippen LogP contribution >= 0.6 is 0 Å². The van der Waals surface area contributed by atoms with E-state index in [0.29, 0.717) is 29.4 Å². The van der Waals surface area contributed by atoms with Crippen LogP contribution in [0.15, 0.2) is 30.7 Å². The number of nitrogens with one attached hydrogen (secondary N) is 1. The maximum Gasteiger partial charge on any atom is 0.252 e. The molecule has 30 heavy (non-hydrogen) atoms. The van der Waals surface area contributed by atoms with Gasteiger partial charge in [-0.3, -0.25) is 9.48 Å². The van der Waals surface area contributed by atoms with Gasteiger partial charge in [-0.1, -0.05) is 20.8 Å². The van der Waals surface area contributed by atoms with Crippen molar-refractivity contribution in [1.82, 2.24) is 19.4 Å². The minimum absolute atomic E-state index is 0.317. The summed E-state index contributed by atoms with van der Waals surface area (Å²) in [5.41, 5.74) is 9.80. The molecule has 3 aromatic heterocycles. The van der Waals surface area contributed by atoms with Crippen molar-refractivity contribution in [2.45, 2.75) is 52.5 Å². The average Bonchev–Trinajstić information content (AvgIpc) is 3.26. The molecule has 0 aromatic carbocycles. The van der Waals surface area contributed by atoms with E-state index >= 15 is 0 Å². The molecule has 160 valence electrons. The van der Waals surface area contributed by atoms with Crippen LogP contribution in [0.1, 0.15) is 56.8 Å². The fourth-order valence-electron chi connectivity index (χ4n) is 5.12. The van der Waals surface area contributed by atoms with Gasteiger partial charge in [-0.2, -0.15) is 10.2 Å². The zero-order valence-electron chi connectivity index (χ0n) is 18.3. The van der Waals surface area contributed by atoms with E-state index < -0.39 is 5.91 Å². The van der Waals surface area contributed by atoms with Crippen molar-refractivity contribution in [3.8, 4) is 11.3 Å². The Morgan fingerprint density at radius 1 is 1.30 bits per heavy atom. The number of nitrogens with two attached hydrogens (primary N) is 1. The highest BCUT2D eigenvalue weighted by Gasteiger charge is 2.28. The Hall–Kier alpha value is -2.83. The Balaban J connectivity index is 1.71. The van der Waals surface area contributed by atoms with Crippen molar-refractivity contribution in [2.75, 3.05) is 5.32 Å². The van der Waals surface area contributed by atoms with Gasteiger partial charge in [0, 0.05) is 31.0 Å². The smallest absolute Gasteiger partial charge is 0.252 e. The van der Waals surface area contributed by atoms with Crippen LogP contribution in [0.5, 0.6) is 0 Å². The van der Waals surface area contributed by atoms with E-state index in [1.54, 1.807) is 12.4 Å². The Kier molecular flexibility index (Phi) is 5.54. The molecule has 1 aliphatic rings. The lowest BCUT2D eigenvalue weighted by Crippen LogP contribution is -2.33. The van der Waals surface area contributed by atoms with Crippen molar-refractivity contribution in [1.29, 1.82) is 0 Å². The van der Waals surface area contributed by atoms with Crippen molar-refractivity contribution in [3.63, 3.8) is 0 Å². The average molecular weight is 409 g/mol. The lowest BCUT2D eigenvalue weighted by molar-refractivity contribution is 0.100. The standard InChI is InChI=1S/C23H32N6O/c1-14(2)7-16-8-15(3)9-18(10-16)27-22-19(23(24)30)12-26-29-13-17(11-21(22)29)20-5-6-25-28(20)4/h5-6,11-16,18,27H,7-10H2,1-4H3,(H2,24,30). The topological polar surface area (TPSA) is 90.2 Å². The van der Waals surface area contributed by atoms with Crippen LogP contribution < -0.4 is 11.1 Å². The van der Waals surface area contributed by atoms with Gasteiger partial charge in [-0.25, -0.2) is 4.52 Å². The number of carbonyl (C=O) groups is 1. The quantitative estimate of drug-likeness (QED) is 0.643. The zero-order valence-corrected chi connectivity index (χ0v) is 18.3. The number of nitrogens with zero attached hydrogens (tertiary/aromatic N) is 4. The summed E-state index contributed by atoms with van der Waals surface area (Å²) >= 11 is 0. The number of hydrogen-bond donors (Lipinski definition) is 2. The molecule has 1 amide bonds. The molecule has 0 radical (unpaired) electrons. The molecule has 1 fully saturated rings. The van der Waals surface area contributed by atoms with Crippen LogP contribution in [-0.4, -0.2) is 31.3 Å². The predicted molar refractivity (Wildman–Crippen MR) is 119 cm³/mol. The third-order valence-corrected chi connectivity index (χ3v) is 6.21. The first kappa shape index (κ1) is 20.4. The monoisotopic (exact) mass is 408 g/mol. The van der Waals surface area contributed by atoms with Crippen molar-refractivity contribution >= 4 is 17.1 Å². The van der Waals surface area contributed by atoms with Crippen LogP contribution in [0, 0.1) is 17.8 Å². The summed E-state index contributed by atoms with van der Waals surface area (Å²) in [6.45, 7) is 6.91. The van der Waals surface area contributed by atoms with Crippen LogP contribution in [0.25, 0.3) is 16.8 Å². The van der Waals surface area contributed by atoms with Crippen molar-refractivity contribution in [2.24, 2.45) is 30.5 Å². The maximum atomic E-state index is 12.2. The normalized spacial score (nSPS) is 22.0. The van der Waals surface area contributed by atoms with E-state index in [-0.39, 0.29) is 0 Å². The first-order chi connectivity index (χ1) is 14.3. The first-order valence-electron chi connectivity index (χ1n) is 10.9. The third kappa shape index (κ3) is 4.06. The molecule has 4 rings (SSSR count). The summed E-state index contributed by atoms with van der Waals surface area (Å²) in [7, 11) is 1.91. The number of carbonyl (C=O) groups excluding carboxylic acids is 1. The van der Waals surface area contributed by atoms with E-state index in [2.05, 4.69) is 42.4 Å². The minimum Gasteiger partial charge on any atom is -0.380 e. The molecule has 3 heterocycles. The number of hydrogen-bond acceptors (Lipinski definition) is 4. The predicted octanol–water partition coefficient (Wildman–Crippen LogP) is 4.10. The fraction of sp³-hybridized carbons (Fsp3) is 0.522. The summed E-state index contributed by atoms with van der Waals surface area (Å²) < 4.78 is 3.64. The van der Waals surface area contributed by atoms with E-state index in [4.69, 9.17) is 5.73 Å². The van der Waals surface area contributed by atoms with Gasteiger partial charge in [0.2, 0.25) is 0 Å². The Labute approximate surface area is 177 Å². The first-order valence-corrected chi connectivity index (χ1v) is 10.9. The van der Waals surface area contributed by atoms with Gasteiger partial charge in [-0.15, -0.1) is 0 Å². The summed E-state index contributed by atoms with van der Waals surface area (Å²) in [4.78, 5) is 12.2. The number of aromatic nitrogens is 4. The van der Waals surface area contributed by atoms with Crippen LogP contribution in [0.4, 0.5) is 5.69 Å². The van der Waals surface area contributed by atoms with Gasteiger partial charge in [0.05, 0.1) is 28.7 Å². The summed E-state index contributed by atoms with van der Waals surface area (Å²) in [5, 5.41) is 12.4. The highest BCUT2D eigenvalue weighted by Crippen LogP contribution is 2.36. The minimum atomic E-state index is -0.460. The molecule has 1 aliphatic carbocycles. The molecule has 0 aliphatic heterocycles. The molecule has 7 heteroatoms. The molecule has 3 aromatic rings. The third-order valence-electron chi connectivity index (χ3n) is 6.21. The van der Waals surface area contributed by atoms with Crippen LogP contribution in [0.3, 0.4) is 0 Å². The van der Waals surface area contributed by atoms with Gasteiger partial charge in [0.1, 0.15) is 0 Å². The number of primary amides is 1. The number of aryl methyl sites for hydroxylation is 1. The van der Waals surface area contributed by atoms with E-state index in [0.717, 1.165) is 35.3 Å². The molecule has 0 bridgehead atoms. The summed E-state index contributed by atoms with van der Waals surface area (Å²) in [6.07, 6.45) is 10.0. The van der Waals surface area contributed by atoms with Crippen molar-refractivity contribution < 1.29 is 4.79 Å². The second-order valence-electron chi connectivity index (χ2n) is 9.35. The van der Waals surface area contributed by atoms with Crippen molar-refractivity contribution in [3.05, 3.63) is 36.3 Å². The molecule has 3 atom stereocenters. The van der Waals surface area contributed by atoms with Crippen LogP contribution in [-0.2, 0) is 7.05 Å². The number of amides is 1. The lowest BCUT2D eigenvalue weighted by Gasteiger charge is -2.35. The molecule has 0 saturated heterocycles. The lowest BCUT2D eigenvalue weighted by atomic mass is 9.76. The molecule has 0 spiro atoms. The summed E-state index contributed by atoms with van der Waals surface area (Å²) in [6, 6.07) is 4.34. The highest BCUT2D eigenvalue weighted by molar-refractivity contribution is 6.02. The van der Waals surface area contributed by atoms with E-state index in [9.17, 15) is 4.79 Å². The largest absolute Gasteiger partial charge is 0.380 e. The zero-order chi connectivity index (χ0) is 21.4. The second kappa shape index (κ2) is 8.13. The molecule has 7 nitrogen and oxygen atoms in total. The SMILES string of the molecule is CC(C)CC1CC(C)CC(Nc2c(C(N)=O)cnn3cc(-c4ccnn4C)cc23)C1. The second-order valence-corrected chi connectivity index (χ2v) is 9.35. The molecule has 3 unspecified atom stereocenters. The fourth-order valence-corrected chi connectivity index (χ4v) is 5.12. The molecular weight excluding hydrogens is 376 g/mol. The Morgan fingerprint density at radius 3 is 2.77 bits per heavy atom. The van der Waals surface area contributed by atoms with Gasteiger partial charge in [0.25, 0.3) is 5.91 Å². The van der Waals surface area contributed by atoms with Gasteiger partial charge in [-0.05, 0) is 55.6 Å². The highest BCUT2D eigenvalue weighted by atomic mass is 16.1. The molecule has 3 N–H and O–H groups in total. The maximum absolute atomic E-state index is 12.2. The number of fused-ring (bicyclic) bond motifs is 1. The van der Waals surface area contributed by atoms with E-state index in [1.165, 1.54) is 12.8 Å². The molecular formula is C23H32N6O. The van der Waals surface area contributed by atoms with Crippen LogP contribution in [0.2, 0.25) is 0 Å². The number of rotatable bonds is 6. The van der Waals surface area contributed by atoms with E-state index in [1.807, 2.05) is 28.5 Å².